The summed E-state index contributed by atoms with van der Waals surface area (Å²) in [6, 6.07) is 6.30. The zero-order chi connectivity index (χ0) is 13.1. The quantitative estimate of drug-likeness (QED) is 0.912. The van der Waals surface area contributed by atoms with E-state index < -0.39 is 0 Å². The van der Waals surface area contributed by atoms with Crippen LogP contribution >= 0.6 is 11.6 Å². The molecule has 1 fully saturated rings. The van der Waals surface area contributed by atoms with Gasteiger partial charge in [0.2, 0.25) is 0 Å². The number of hydrogen-bond acceptors (Lipinski definition) is 3. The van der Waals surface area contributed by atoms with E-state index in [2.05, 4.69) is 23.6 Å². The maximum absolute atomic E-state index is 9.40. The minimum Gasteiger partial charge on any atom is -0.392 e. The molecule has 1 aromatic rings. The lowest BCUT2D eigenvalue weighted by Crippen LogP contribution is -2.49. The van der Waals surface area contributed by atoms with Gasteiger partial charge < -0.3 is 10.0 Å². The largest absolute Gasteiger partial charge is 0.392 e. The van der Waals surface area contributed by atoms with Gasteiger partial charge in [-0.1, -0.05) is 17.7 Å². The zero-order valence-electron chi connectivity index (χ0n) is 11.1. The number of aliphatic hydroxyl groups is 1. The fourth-order valence-corrected chi connectivity index (χ4v) is 2.61. The van der Waals surface area contributed by atoms with E-state index in [1.807, 2.05) is 18.2 Å². The van der Waals surface area contributed by atoms with Crippen molar-refractivity contribution in [2.45, 2.75) is 26.5 Å². The lowest BCUT2D eigenvalue weighted by molar-refractivity contribution is 0.209. The monoisotopic (exact) mass is 268 g/mol. The highest BCUT2D eigenvalue weighted by atomic mass is 35.5. The third-order valence-corrected chi connectivity index (χ3v) is 3.84. The van der Waals surface area contributed by atoms with Gasteiger partial charge >= 0.3 is 0 Å². The SMILES string of the molecule is CC(C)N1CCN(c2cc(Cl)ccc2CO)CC1. The summed E-state index contributed by atoms with van der Waals surface area (Å²) in [5, 5.41) is 10.1. The molecule has 100 valence electrons. The molecular formula is C14H21ClN2O. The summed E-state index contributed by atoms with van der Waals surface area (Å²) in [6.45, 7) is 8.64. The first-order valence-corrected chi connectivity index (χ1v) is 6.88. The van der Waals surface area contributed by atoms with E-state index in [0.717, 1.165) is 42.5 Å². The van der Waals surface area contributed by atoms with Gasteiger partial charge in [0.25, 0.3) is 0 Å². The van der Waals surface area contributed by atoms with Gasteiger partial charge in [0.15, 0.2) is 0 Å². The Labute approximate surface area is 114 Å². The smallest absolute Gasteiger partial charge is 0.0702 e. The van der Waals surface area contributed by atoms with Crippen molar-refractivity contribution >= 4 is 17.3 Å². The van der Waals surface area contributed by atoms with Gasteiger partial charge in [-0.15, -0.1) is 0 Å². The van der Waals surface area contributed by atoms with Crippen LogP contribution in [0.25, 0.3) is 0 Å². The molecule has 0 aliphatic carbocycles. The molecule has 0 unspecified atom stereocenters. The maximum atomic E-state index is 9.40. The molecule has 0 amide bonds. The summed E-state index contributed by atoms with van der Waals surface area (Å²) in [5.74, 6) is 0. The van der Waals surface area contributed by atoms with Gasteiger partial charge in [0.05, 0.1) is 6.61 Å². The molecule has 0 bridgehead atoms. The van der Waals surface area contributed by atoms with E-state index in [4.69, 9.17) is 11.6 Å². The number of rotatable bonds is 3. The molecule has 0 spiro atoms. The van der Waals surface area contributed by atoms with Gasteiger partial charge in [-0.2, -0.15) is 0 Å². The Balaban J connectivity index is 2.11. The van der Waals surface area contributed by atoms with E-state index in [1.54, 1.807) is 0 Å². The van der Waals surface area contributed by atoms with E-state index in [0.29, 0.717) is 6.04 Å². The van der Waals surface area contributed by atoms with Crippen LogP contribution in [0.2, 0.25) is 5.02 Å². The molecule has 1 aliphatic rings. The van der Waals surface area contributed by atoms with E-state index in [9.17, 15) is 5.11 Å². The summed E-state index contributed by atoms with van der Waals surface area (Å²) >= 11 is 6.05. The predicted molar refractivity (Wildman–Crippen MR) is 76.3 cm³/mol. The van der Waals surface area contributed by atoms with Crippen molar-refractivity contribution in [2.24, 2.45) is 0 Å². The Bertz CT molecular complexity index is 401. The Morgan fingerprint density at radius 2 is 1.89 bits per heavy atom. The molecule has 0 aromatic heterocycles. The molecule has 18 heavy (non-hydrogen) atoms. The Kier molecular flexibility index (Phi) is 4.49. The summed E-state index contributed by atoms with van der Waals surface area (Å²) in [4.78, 5) is 4.79. The molecule has 1 saturated heterocycles. The second kappa shape index (κ2) is 5.91. The molecule has 1 N–H and O–H groups in total. The number of anilines is 1. The van der Waals surface area contributed by atoms with Gasteiger partial charge in [-0.3, -0.25) is 4.90 Å². The van der Waals surface area contributed by atoms with Gasteiger partial charge in [-0.25, -0.2) is 0 Å². The minimum absolute atomic E-state index is 0.0664. The molecule has 3 nitrogen and oxygen atoms in total. The first-order valence-electron chi connectivity index (χ1n) is 6.50. The van der Waals surface area contributed by atoms with Crippen molar-refractivity contribution < 1.29 is 5.11 Å². The van der Waals surface area contributed by atoms with Crippen LogP contribution in [0, 0.1) is 0 Å². The Morgan fingerprint density at radius 1 is 1.22 bits per heavy atom. The lowest BCUT2D eigenvalue weighted by Gasteiger charge is -2.38. The first-order chi connectivity index (χ1) is 8.61. The number of nitrogens with zero attached hydrogens (tertiary/aromatic N) is 2. The van der Waals surface area contributed by atoms with Crippen LogP contribution in [0.3, 0.4) is 0 Å². The van der Waals surface area contributed by atoms with Crippen LogP contribution in [-0.2, 0) is 6.61 Å². The van der Waals surface area contributed by atoms with E-state index >= 15 is 0 Å². The molecule has 2 rings (SSSR count). The van der Waals surface area contributed by atoms with Crippen LogP contribution in [-0.4, -0.2) is 42.2 Å². The van der Waals surface area contributed by atoms with Crippen molar-refractivity contribution in [3.63, 3.8) is 0 Å². The van der Waals surface area contributed by atoms with Crippen LogP contribution < -0.4 is 4.90 Å². The second-order valence-electron chi connectivity index (χ2n) is 5.05. The zero-order valence-corrected chi connectivity index (χ0v) is 11.8. The molecule has 0 atom stereocenters. The average molecular weight is 269 g/mol. The summed E-state index contributed by atoms with van der Waals surface area (Å²) in [5.41, 5.74) is 2.03. The van der Waals surface area contributed by atoms with Crippen molar-refractivity contribution in [1.82, 2.24) is 4.90 Å². The van der Waals surface area contributed by atoms with Crippen molar-refractivity contribution in [1.29, 1.82) is 0 Å². The molecule has 1 aliphatic heterocycles. The summed E-state index contributed by atoms with van der Waals surface area (Å²) in [7, 11) is 0. The standard InChI is InChI=1S/C14H21ClN2O/c1-11(2)16-5-7-17(8-6-16)14-9-13(15)4-3-12(14)10-18/h3-4,9,11,18H,5-8,10H2,1-2H3. The fraction of sp³-hybridized carbons (Fsp3) is 0.571. The number of aliphatic hydroxyl groups excluding tert-OH is 1. The van der Waals surface area contributed by atoms with Crippen LogP contribution in [0.1, 0.15) is 19.4 Å². The van der Waals surface area contributed by atoms with Crippen LogP contribution in [0.4, 0.5) is 5.69 Å². The highest BCUT2D eigenvalue weighted by Gasteiger charge is 2.20. The fourth-order valence-electron chi connectivity index (χ4n) is 2.44. The molecule has 1 aromatic carbocycles. The predicted octanol–water partition coefficient (Wildman–Crippen LogP) is 2.36. The normalized spacial score (nSPS) is 17.5. The highest BCUT2D eigenvalue weighted by molar-refractivity contribution is 6.30. The molecule has 0 radical (unpaired) electrons. The van der Waals surface area contributed by atoms with E-state index in [1.165, 1.54) is 0 Å². The highest BCUT2D eigenvalue weighted by Crippen LogP contribution is 2.26. The van der Waals surface area contributed by atoms with Gasteiger partial charge in [0.1, 0.15) is 0 Å². The van der Waals surface area contributed by atoms with Crippen molar-refractivity contribution in [3.05, 3.63) is 28.8 Å². The third-order valence-electron chi connectivity index (χ3n) is 3.60. The van der Waals surface area contributed by atoms with Crippen molar-refractivity contribution in [2.75, 3.05) is 31.1 Å². The molecule has 1 heterocycles. The Hall–Kier alpha value is -0.770. The average Bonchev–Trinajstić information content (AvgIpc) is 2.39. The second-order valence-corrected chi connectivity index (χ2v) is 5.48. The summed E-state index contributed by atoms with van der Waals surface area (Å²) < 4.78 is 0. The van der Waals surface area contributed by atoms with Gasteiger partial charge in [-0.05, 0) is 26.0 Å². The Morgan fingerprint density at radius 3 is 2.44 bits per heavy atom. The lowest BCUT2D eigenvalue weighted by atomic mass is 10.1. The summed E-state index contributed by atoms with van der Waals surface area (Å²) in [6.07, 6.45) is 0. The number of hydrogen-bond donors (Lipinski definition) is 1. The molecule has 0 saturated carbocycles. The number of piperazine rings is 1. The third kappa shape index (κ3) is 2.97. The minimum atomic E-state index is 0.0664. The van der Waals surface area contributed by atoms with Crippen LogP contribution in [0.15, 0.2) is 18.2 Å². The molecule has 4 heteroatoms. The van der Waals surface area contributed by atoms with Crippen LogP contribution in [0.5, 0.6) is 0 Å². The van der Waals surface area contributed by atoms with E-state index in [-0.39, 0.29) is 6.61 Å². The number of benzene rings is 1. The molecular weight excluding hydrogens is 248 g/mol. The topological polar surface area (TPSA) is 26.7 Å². The van der Waals surface area contributed by atoms with Crippen molar-refractivity contribution in [3.8, 4) is 0 Å². The van der Waals surface area contributed by atoms with Gasteiger partial charge in [0, 0.05) is 48.5 Å². The first kappa shape index (κ1) is 13.7. The maximum Gasteiger partial charge on any atom is 0.0702 e. The number of halogens is 1.